The van der Waals surface area contributed by atoms with Crippen molar-refractivity contribution in [2.24, 2.45) is 0 Å². The standard InChI is InChI=1S/C17H23N3O2S/c1-10-14(11(2)22-19-10)8-16(21)20(4)9-13-6-5-7-15-17(13)18-12(3)23-15/h13H,5-9H2,1-4H3/t13-/m0/s1. The molecule has 2 aromatic heterocycles. The maximum absolute atomic E-state index is 12.5. The summed E-state index contributed by atoms with van der Waals surface area (Å²) >= 11 is 1.80. The number of nitrogens with zero attached hydrogens (tertiary/aromatic N) is 3. The zero-order valence-electron chi connectivity index (χ0n) is 14.2. The Morgan fingerprint density at radius 2 is 2.17 bits per heavy atom. The van der Waals surface area contributed by atoms with Crippen LogP contribution >= 0.6 is 11.3 Å². The Bertz CT molecular complexity index is 700. The summed E-state index contributed by atoms with van der Waals surface area (Å²) < 4.78 is 5.15. The van der Waals surface area contributed by atoms with E-state index in [4.69, 9.17) is 9.51 Å². The van der Waals surface area contributed by atoms with E-state index < -0.39 is 0 Å². The van der Waals surface area contributed by atoms with Crippen LogP contribution in [0.3, 0.4) is 0 Å². The second-order valence-corrected chi connectivity index (χ2v) is 7.67. The molecule has 0 saturated carbocycles. The third-order valence-corrected chi connectivity index (χ3v) is 5.65. The van der Waals surface area contributed by atoms with Crippen LogP contribution in [-0.4, -0.2) is 34.5 Å². The lowest BCUT2D eigenvalue weighted by atomic mass is 9.90. The molecule has 0 fully saturated rings. The summed E-state index contributed by atoms with van der Waals surface area (Å²) in [5.41, 5.74) is 2.94. The van der Waals surface area contributed by atoms with Crippen molar-refractivity contribution in [1.29, 1.82) is 0 Å². The van der Waals surface area contributed by atoms with E-state index in [2.05, 4.69) is 12.1 Å². The van der Waals surface area contributed by atoms with Crippen LogP contribution < -0.4 is 0 Å². The van der Waals surface area contributed by atoms with Crippen LogP contribution in [0, 0.1) is 20.8 Å². The van der Waals surface area contributed by atoms with E-state index in [1.807, 2.05) is 25.8 Å². The minimum Gasteiger partial charge on any atom is -0.361 e. The Hall–Kier alpha value is -1.69. The number of thiazole rings is 1. The second kappa shape index (κ2) is 6.43. The number of amides is 1. The molecule has 6 heteroatoms. The normalized spacial score (nSPS) is 17.1. The number of carbonyl (C=O) groups excluding carboxylic acids is 1. The molecule has 124 valence electrons. The summed E-state index contributed by atoms with van der Waals surface area (Å²) in [5, 5.41) is 5.05. The summed E-state index contributed by atoms with van der Waals surface area (Å²) in [6, 6.07) is 0. The van der Waals surface area contributed by atoms with Gasteiger partial charge in [0.25, 0.3) is 0 Å². The van der Waals surface area contributed by atoms with E-state index in [-0.39, 0.29) is 5.91 Å². The van der Waals surface area contributed by atoms with Crippen molar-refractivity contribution in [2.45, 2.75) is 52.4 Å². The van der Waals surface area contributed by atoms with Crippen molar-refractivity contribution >= 4 is 17.2 Å². The van der Waals surface area contributed by atoms with Gasteiger partial charge in [0.15, 0.2) is 0 Å². The first-order chi connectivity index (χ1) is 11.0. The predicted molar refractivity (Wildman–Crippen MR) is 89.8 cm³/mol. The number of aromatic nitrogens is 2. The van der Waals surface area contributed by atoms with Crippen molar-refractivity contribution in [3.05, 3.63) is 32.6 Å². The SMILES string of the molecule is Cc1nc2c(s1)CCC[C@H]2CN(C)C(=O)Cc1c(C)noc1C. The third-order valence-electron chi connectivity index (χ3n) is 4.61. The first-order valence-electron chi connectivity index (χ1n) is 8.07. The smallest absolute Gasteiger partial charge is 0.226 e. The molecule has 23 heavy (non-hydrogen) atoms. The van der Waals surface area contributed by atoms with Gasteiger partial charge in [0.05, 0.1) is 22.8 Å². The fourth-order valence-electron chi connectivity index (χ4n) is 3.28. The maximum Gasteiger partial charge on any atom is 0.226 e. The van der Waals surface area contributed by atoms with Crippen molar-refractivity contribution in [3.63, 3.8) is 0 Å². The van der Waals surface area contributed by atoms with Gasteiger partial charge in [0, 0.05) is 30.0 Å². The molecular formula is C17H23N3O2S. The van der Waals surface area contributed by atoms with Gasteiger partial charge in [-0.3, -0.25) is 4.79 Å². The quantitative estimate of drug-likeness (QED) is 0.862. The van der Waals surface area contributed by atoms with E-state index in [0.29, 0.717) is 12.3 Å². The monoisotopic (exact) mass is 333 g/mol. The van der Waals surface area contributed by atoms with E-state index >= 15 is 0 Å². The van der Waals surface area contributed by atoms with Gasteiger partial charge in [-0.25, -0.2) is 4.98 Å². The average Bonchev–Trinajstić information content (AvgIpc) is 3.04. The third kappa shape index (κ3) is 3.32. The fourth-order valence-corrected chi connectivity index (χ4v) is 4.34. The molecule has 0 saturated heterocycles. The highest BCUT2D eigenvalue weighted by atomic mass is 32.1. The van der Waals surface area contributed by atoms with Crippen LogP contribution in [0.1, 0.15) is 51.4 Å². The molecule has 0 N–H and O–H groups in total. The molecule has 1 aliphatic rings. The number of hydrogen-bond acceptors (Lipinski definition) is 5. The van der Waals surface area contributed by atoms with Crippen LogP contribution in [0.15, 0.2) is 4.52 Å². The zero-order chi connectivity index (χ0) is 16.6. The molecule has 0 radical (unpaired) electrons. The number of aryl methyl sites for hydroxylation is 4. The average molecular weight is 333 g/mol. The lowest BCUT2D eigenvalue weighted by Crippen LogP contribution is -2.33. The van der Waals surface area contributed by atoms with E-state index in [9.17, 15) is 4.79 Å². The highest BCUT2D eigenvalue weighted by molar-refractivity contribution is 7.11. The minimum atomic E-state index is 0.110. The van der Waals surface area contributed by atoms with Crippen LogP contribution in [-0.2, 0) is 17.6 Å². The summed E-state index contributed by atoms with van der Waals surface area (Å²) in [6.45, 7) is 6.53. The lowest BCUT2D eigenvalue weighted by molar-refractivity contribution is -0.129. The van der Waals surface area contributed by atoms with Crippen molar-refractivity contribution in [1.82, 2.24) is 15.0 Å². The van der Waals surface area contributed by atoms with E-state index in [0.717, 1.165) is 41.4 Å². The Labute approximate surface area is 140 Å². The second-order valence-electron chi connectivity index (χ2n) is 6.38. The Kier molecular flexibility index (Phi) is 4.53. The van der Waals surface area contributed by atoms with Gasteiger partial charge >= 0.3 is 0 Å². The van der Waals surface area contributed by atoms with Gasteiger partial charge < -0.3 is 9.42 Å². The Morgan fingerprint density at radius 3 is 2.87 bits per heavy atom. The molecule has 2 heterocycles. The highest BCUT2D eigenvalue weighted by Crippen LogP contribution is 2.35. The topological polar surface area (TPSA) is 59.2 Å². The van der Waals surface area contributed by atoms with Crippen LogP contribution in [0.4, 0.5) is 0 Å². The summed E-state index contributed by atoms with van der Waals surface area (Å²) in [7, 11) is 1.88. The largest absolute Gasteiger partial charge is 0.361 e. The maximum atomic E-state index is 12.5. The minimum absolute atomic E-state index is 0.110. The van der Waals surface area contributed by atoms with Gasteiger partial charge in [0.2, 0.25) is 5.91 Å². The van der Waals surface area contributed by atoms with Gasteiger partial charge in [-0.15, -0.1) is 11.3 Å². The highest BCUT2D eigenvalue weighted by Gasteiger charge is 2.27. The summed E-state index contributed by atoms with van der Waals surface area (Å²) in [4.78, 5) is 20.5. The zero-order valence-corrected chi connectivity index (χ0v) is 15.0. The molecule has 0 aromatic carbocycles. The first-order valence-corrected chi connectivity index (χ1v) is 8.89. The molecule has 1 aliphatic carbocycles. The molecule has 2 aromatic rings. The first kappa shape index (κ1) is 16.2. The molecule has 0 bridgehead atoms. The van der Waals surface area contributed by atoms with Crippen LogP contribution in [0.25, 0.3) is 0 Å². The van der Waals surface area contributed by atoms with Crippen molar-refractivity contribution in [3.8, 4) is 0 Å². The molecule has 0 unspecified atom stereocenters. The van der Waals surface area contributed by atoms with Gasteiger partial charge in [0.1, 0.15) is 5.76 Å². The molecule has 1 atom stereocenters. The van der Waals surface area contributed by atoms with Gasteiger partial charge in [-0.05, 0) is 40.0 Å². The van der Waals surface area contributed by atoms with E-state index in [1.165, 1.54) is 17.0 Å². The summed E-state index contributed by atoms with van der Waals surface area (Å²) in [5.74, 6) is 1.21. The fraction of sp³-hybridized carbons (Fsp3) is 0.588. The molecular weight excluding hydrogens is 310 g/mol. The van der Waals surface area contributed by atoms with Crippen molar-refractivity contribution < 1.29 is 9.32 Å². The van der Waals surface area contributed by atoms with Crippen LogP contribution in [0.2, 0.25) is 0 Å². The molecule has 1 amide bonds. The molecule has 0 aliphatic heterocycles. The van der Waals surface area contributed by atoms with Crippen molar-refractivity contribution in [2.75, 3.05) is 13.6 Å². The number of fused-ring (bicyclic) bond motifs is 1. The molecule has 0 spiro atoms. The Morgan fingerprint density at radius 1 is 1.39 bits per heavy atom. The summed E-state index contributed by atoms with van der Waals surface area (Å²) in [6.07, 6.45) is 3.78. The predicted octanol–water partition coefficient (Wildman–Crippen LogP) is 3.18. The number of likely N-dealkylation sites (N-methyl/N-ethyl adjacent to an activating group) is 1. The van der Waals surface area contributed by atoms with Gasteiger partial charge in [-0.1, -0.05) is 5.16 Å². The number of carbonyl (C=O) groups is 1. The van der Waals surface area contributed by atoms with Gasteiger partial charge in [-0.2, -0.15) is 0 Å². The number of rotatable bonds is 4. The van der Waals surface area contributed by atoms with Crippen LogP contribution in [0.5, 0.6) is 0 Å². The Balaban J connectivity index is 1.67. The van der Waals surface area contributed by atoms with E-state index in [1.54, 1.807) is 11.3 Å². The molecule has 5 nitrogen and oxygen atoms in total. The number of hydrogen-bond donors (Lipinski definition) is 0. The lowest BCUT2D eigenvalue weighted by Gasteiger charge is -2.26. The molecule has 3 rings (SSSR count).